The van der Waals surface area contributed by atoms with Crippen LogP contribution in [0.25, 0.3) is 0 Å². The maximum Gasteiger partial charge on any atom is 0.335 e. The van der Waals surface area contributed by atoms with E-state index in [9.17, 15) is 4.79 Å². The standard InChI is InChI=1S/C15H14BrClN2O2/c1-15(14(20)21-2,10-4-3-7-18-9-10)19-11-5-6-13(17)12(16)8-11/h3-9,19H,1-2H3. The summed E-state index contributed by atoms with van der Waals surface area (Å²) in [7, 11) is 1.36. The summed E-state index contributed by atoms with van der Waals surface area (Å²) < 4.78 is 5.67. The molecule has 0 aliphatic carbocycles. The lowest BCUT2D eigenvalue weighted by Crippen LogP contribution is -2.41. The van der Waals surface area contributed by atoms with E-state index in [2.05, 4.69) is 26.2 Å². The number of pyridine rings is 1. The molecule has 1 aromatic heterocycles. The van der Waals surface area contributed by atoms with E-state index in [1.54, 1.807) is 43.6 Å². The first kappa shape index (κ1) is 15.8. The molecule has 0 amide bonds. The number of anilines is 1. The van der Waals surface area contributed by atoms with Crippen LogP contribution in [0.3, 0.4) is 0 Å². The zero-order chi connectivity index (χ0) is 15.5. The summed E-state index contributed by atoms with van der Waals surface area (Å²) in [5, 5.41) is 3.79. The number of hydrogen-bond donors (Lipinski definition) is 1. The predicted molar refractivity (Wildman–Crippen MR) is 86.4 cm³/mol. The molecular formula is C15H14BrClN2O2. The van der Waals surface area contributed by atoms with Gasteiger partial charge in [-0.25, -0.2) is 4.79 Å². The van der Waals surface area contributed by atoms with E-state index in [0.717, 1.165) is 10.2 Å². The van der Waals surface area contributed by atoms with Gasteiger partial charge in [-0.15, -0.1) is 0 Å². The second-order valence-electron chi connectivity index (χ2n) is 4.61. The fourth-order valence-electron chi connectivity index (χ4n) is 1.97. The Morgan fingerprint density at radius 1 is 1.43 bits per heavy atom. The number of hydrogen-bond acceptors (Lipinski definition) is 4. The molecule has 1 atom stereocenters. The van der Waals surface area contributed by atoms with Gasteiger partial charge in [-0.1, -0.05) is 17.7 Å². The Morgan fingerprint density at radius 2 is 2.19 bits per heavy atom. The molecule has 0 saturated carbocycles. The van der Waals surface area contributed by atoms with Crippen molar-refractivity contribution in [3.63, 3.8) is 0 Å². The minimum Gasteiger partial charge on any atom is -0.467 e. The van der Waals surface area contributed by atoms with E-state index < -0.39 is 11.5 Å². The first-order chi connectivity index (χ1) is 9.97. The first-order valence-corrected chi connectivity index (χ1v) is 7.36. The smallest absolute Gasteiger partial charge is 0.335 e. The highest BCUT2D eigenvalue weighted by atomic mass is 79.9. The molecule has 6 heteroatoms. The molecule has 0 saturated heterocycles. The molecule has 0 aliphatic rings. The van der Waals surface area contributed by atoms with Crippen LogP contribution in [0.4, 0.5) is 5.69 Å². The van der Waals surface area contributed by atoms with Crippen LogP contribution in [-0.4, -0.2) is 18.1 Å². The molecule has 1 heterocycles. The maximum absolute atomic E-state index is 12.2. The zero-order valence-electron chi connectivity index (χ0n) is 11.6. The molecule has 0 aliphatic heterocycles. The van der Waals surface area contributed by atoms with Crippen LogP contribution in [0.15, 0.2) is 47.2 Å². The van der Waals surface area contributed by atoms with Crippen LogP contribution in [0.1, 0.15) is 12.5 Å². The van der Waals surface area contributed by atoms with Crippen molar-refractivity contribution in [2.45, 2.75) is 12.5 Å². The SMILES string of the molecule is COC(=O)C(C)(Nc1ccc(Cl)c(Br)c1)c1cccnc1. The average molecular weight is 370 g/mol. The topological polar surface area (TPSA) is 51.2 Å². The fraction of sp³-hybridized carbons (Fsp3) is 0.200. The fourth-order valence-corrected chi connectivity index (χ4v) is 2.46. The van der Waals surface area contributed by atoms with Crippen molar-refractivity contribution in [3.8, 4) is 0 Å². The quantitative estimate of drug-likeness (QED) is 0.828. The molecule has 2 rings (SSSR count). The predicted octanol–water partition coefficient (Wildman–Crippen LogP) is 4.00. The van der Waals surface area contributed by atoms with E-state index in [1.807, 2.05) is 6.07 Å². The Kier molecular flexibility index (Phi) is 4.85. The maximum atomic E-state index is 12.2. The summed E-state index contributed by atoms with van der Waals surface area (Å²) in [5.74, 6) is -0.401. The highest BCUT2D eigenvalue weighted by Gasteiger charge is 2.36. The lowest BCUT2D eigenvalue weighted by Gasteiger charge is -2.29. The van der Waals surface area contributed by atoms with E-state index in [0.29, 0.717) is 10.6 Å². The third-order valence-electron chi connectivity index (χ3n) is 3.15. The van der Waals surface area contributed by atoms with Gasteiger partial charge in [0.2, 0.25) is 0 Å². The normalized spacial score (nSPS) is 13.3. The van der Waals surface area contributed by atoms with E-state index in [4.69, 9.17) is 16.3 Å². The summed E-state index contributed by atoms with van der Waals surface area (Å²) in [5.41, 5.74) is 0.405. The van der Waals surface area contributed by atoms with Gasteiger partial charge in [-0.3, -0.25) is 4.98 Å². The summed E-state index contributed by atoms with van der Waals surface area (Å²) in [6, 6.07) is 8.94. The molecule has 110 valence electrons. The van der Waals surface area contributed by atoms with Crippen molar-refractivity contribution in [3.05, 3.63) is 57.8 Å². The molecule has 1 N–H and O–H groups in total. The Bertz CT molecular complexity index is 651. The molecule has 1 aromatic carbocycles. The highest BCUT2D eigenvalue weighted by Crippen LogP contribution is 2.31. The van der Waals surface area contributed by atoms with Gasteiger partial charge in [0.25, 0.3) is 0 Å². The third kappa shape index (κ3) is 3.36. The second kappa shape index (κ2) is 6.45. The Balaban J connectivity index is 2.41. The van der Waals surface area contributed by atoms with Gasteiger partial charge in [0.1, 0.15) is 0 Å². The number of ether oxygens (including phenoxy) is 1. The lowest BCUT2D eigenvalue weighted by molar-refractivity contribution is -0.145. The number of carbonyl (C=O) groups is 1. The molecule has 0 radical (unpaired) electrons. The number of benzene rings is 1. The van der Waals surface area contributed by atoms with Gasteiger partial charge in [0.05, 0.1) is 12.1 Å². The number of methoxy groups -OCH3 is 1. The zero-order valence-corrected chi connectivity index (χ0v) is 13.9. The Hall–Kier alpha value is -1.59. The highest BCUT2D eigenvalue weighted by molar-refractivity contribution is 9.10. The van der Waals surface area contributed by atoms with Crippen LogP contribution in [0.5, 0.6) is 0 Å². The van der Waals surface area contributed by atoms with Gasteiger partial charge in [-0.05, 0) is 47.1 Å². The number of nitrogens with zero attached hydrogens (tertiary/aromatic N) is 1. The van der Waals surface area contributed by atoms with Crippen LogP contribution >= 0.6 is 27.5 Å². The minimum absolute atomic E-state index is 0.401. The molecule has 0 fully saturated rings. The number of aromatic nitrogens is 1. The van der Waals surface area contributed by atoms with Crippen molar-refractivity contribution in [1.82, 2.24) is 4.98 Å². The lowest BCUT2D eigenvalue weighted by atomic mass is 9.93. The van der Waals surface area contributed by atoms with Crippen LogP contribution in [-0.2, 0) is 15.1 Å². The van der Waals surface area contributed by atoms with Gasteiger partial charge < -0.3 is 10.1 Å². The number of rotatable bonds is 4. The van der Waals surface area contributed by atoms with E-state index in [1.165, 1.54) is 7.11 Å². The molecule has 0 spiro atoms. The number of nitrogens with one attached hydrogen (secondary N) is 1. The largest absolute Gasteiger partial charge is 0.467 e. The van der Waals surface area contributed by atoms with Crippen molar-refractivity contribution in [2.24, 2.45) is 0 Å². The van der Waals surface area contributed by atoms with Gasteiger partial charge in [-0.2, -0.15) is 0 Å². The monoisotopic (exact) mass is 368 g/mol. The first-order valence-electron chi connectivity index (χ1n) is 6.19. The van der Waals surface area contributed by atoms with Crippen molar-refractivity contribution >= 4 is 39.2 Å². The van der Waals surface area contributed by atoms with Crippen molar-refractivity contribution < 1.29 is 9.53 Å². The number of esters is 1. The molecular weight excluding hydrogens is 356 g/mol. The molecule has 4 nitrogen and oxygen atoms in total. The molecule has 2 aromatic rings. The summed E-state index contributed by atoms with van der Waals surface area (Å²) in [6.07, 6.45) is 3.29. The number of halogens is 2. The van der Waals surface area contributed by atoms with Gasteiger partial charge in [0, 0.05) is 28.1 Å². The third-order valence-corrected chi connectivity index (χ3v) is 4.36. The molecule has 21 heavy (non-hydrogen) atoms. The summed E-state index contributed by atoms with van der Waals surface area (Å²) >= 11 is 9.35. The van der Waals surface area contributed by atoms with E-state index in [-0.39, 0.29) is 0 Å². The van der Waals surface area contributed by atoms with Crippen molar-refractivity contribution in [1.29, 1.82) is 0 Å². The molecule has 0 bridgehead atoms. The van der Waals surface area contributed by atoms with E-state index >= 15 is 0 Å². The average Bonchev–Trinajstić information content (AvgIpc) is 2.51. The second-order valence-corrected chi connectivity index (χ2v) is 5.87. The minimum atomic E-state index is -1.05. The van der Waals surface area contributed by atoms with Gasteiger partial charge in [0.15, 0.2) is 5.54 Å². The molecule has 1 unspecified atom stereocenters. The van der Waals surface area contributed by atoms with Gasteiger partial charge >= 0.3 is 5.97 Å². The van der Waals surface area contributed by atoms with Crippen LogP contribution in [0, 0.1) is 0 Å². The summed E-state index contributed by atoms with van der Waals surface area (Å²) in [4.78, 5) is 16.3. The van der Waals surface area contributed by atoms with Crippen LogP contribution < -0.4 is 5.32 Å². The Labute approximate surface area is 136 Å². The van der Waals surface area contributed by atoms with Crippen LogP contribution in [0.2, 0.25) is 5.02 Å². The van der Waals surface area contributed by atoms with Crippen molar-refractivity contribution in [2.75, 3.05) is 12.4 Å². The summed E-state index contributed by atoms with van der Waals surface area (Å²) in [6.45, 7) is 1.75. The Morgan fingerprint density at radius 3 is 2.76 bits per heavy atom. The number of carbonyl (C=O) groups excluding carboxylic acids is 1.